The summed E-state index contributed by atoms with van der Waals surface area (Å²) in [5, 5.41) is 0.329. The van der Waals surface area contributed by atoms with E-state index in [2.05, 4.69) is 4.98 Å². The first kappa shape index (κ1) is 17.0. The first-order chi connectivity index (χ1) is 12.1. The van der Waals surface area contributed by atoms with Crippen LogP contribution in [-0.2, 0) is 16.1 Å². The Morgan fingerprint density at radius 3 is 2.96 bits per heavy atom. The van der Waals surface area contributed by atoms with Crippen molar-refractivity contribution in [3.05, 3.63) is 70.6 Å². The first-order valence-electron chi connectivity index (χ1n) is 7.69. The van der Waals surface area contributed by atoms with E-state index in [9.17, 15) is 4.79 Å². The molecule has 0 aliphatic heterocycles. The highest BCUT2D eigenvalue weighted by molar-refractivity contribution is 6.31. The summed E-state index contributed by atoms with van der Waals surface area (Å²) in [6, 6.07) is 11.3. The molecule has 0 aliphatic rings. The van der Waals surface area contributed by atoms with Crippen LogP contribution in [0.4, 0.5) is 0 Å². The Morgan fingerprint density at radius 1 is 1.32 bits per heavy atom. The highest BCUT2D eigenvalue weighted by Crippen LogP contribution is 2.21. The summed E-state index contributed by atoms with van der Waals surface area (Å²) in [5.41, 5.74) is 3.23. The third kappa shape index (κ3) is 3.83. The minimum absolute atomic E-state index is 0.134. The summed E-state index contributed by atoms with van der Waals surface area (Å²) in [6.45, 7) is 2.10. The Bertz CT molecular complexity index is 947. The number of carbonyl (C=O) groups is 1. The number of aryl methyl sites for hydroxylation is 1. The van der Waals surface area contributed by atoms with Crippen LogP contribution in [0.25, 0.3) is 11.7 Å². The molecule has 0 saturated carbocycles. The number of esters is 1. The van der Waals surface area contributed by atoms with Gasteiger partial charge in [0.2, 0.25) is 0 Å². The second-order valence-electron chi connectivity index (χ2n) is 5.47. The van der Waals surface area contributed by atoms with Gasteiger partial charge in [-0.25, -0.2) is 9.78 Å². The normalized spacial score (nSPS) is 11.2. The third-order valence-corrected chi connectivity index (χ3v) is 3.98. The van der Waals surface area contributed by atoms with Gasteiger partial charge in [0, 0.05) is 17.8 Å². The average Bonchev–Trinajstić information content (AvgIpc) is 2.93. The number of pyridine rings is 1. The van der Waals surface area contributed by atoms with E-state index in [1.54, 1.807) is 17.6 Å². The van der Waals surface area contributed by atoms with Crippen LogP contribution < -0.4 is 4.74 Å². The molecule has 6 heteroatoms. The molecular formula is C19H17ClN2O3. The topological polar surface area (TPSA) is 52.8 Å². The van der Waals surface area contributed by atoms with Crippen molar-refractivity contribution in [1.82, 2.24) is 9.38 Å². The van der Waals surface area contributed by atoms with Crippen LogP contribution in [-0.4, -0.2) is 22.5 Å². The van der Waals surface area contributed by atoms with E-state index >= 15 is 0 Å². The number of ether oxygens (including phenoxy) is 2. The maximum absolute atomic E-state index is 12.0. The second kappa shape index (κ2) is 7.40. The van der Waals surface area contributed by atoms with Crippen LogP contribution in [0, 0.1) is 6.92 Å². The van der Waals surface area contributed by atoms with Crippen molar-refractivity contribution < 1.29 is 14.3 Å². The van der Waals surface area contributed by atoms with E-state index in [4.69, 9.17) is 21.1 Å². The predicted octanol–water partition coefficient (Wildman–Crippen LogP) is 4.06. The number of aromatic nitrogens is 2. The Balaban J connectivity index is 1.71. The van der Waals surface area contributed by atoms with Gasteiger partial charge < -0.3 is 9.47 Å². The average molecular weight is 357 g/mol. The number of hydrogen-bond donors (Lipinski definition) is 0. The Kier molecular flexibility index (Phi) is 5.05. The lowest BCUT2D eigenvalue weighted by atomic mass is 10.1. The number of rotatable bonds is 5. The molecule has 0 saturated heterocycles. The molecule has 1 aromatic carbocycles. The molecular weight excluding hydrogens is 340 g/mol. The lowest BCUT2D eigenvalue weighted by Gasteiger charge is -2.09. The second-order valence-corrected chi connectivity index (χ2v) is 5.83. The minimum atomic E-state index is -0.467. The monoisotopic (exact) mass is 356 g/mol. The van der Waals surface area contributed by atoms with Gasteiger partial charge in [-0.1, -0.05) is 29.3 Å². The molecule has 0 radical (unpaired) electrons. The van der Waals surface area contributed by atoms with Crippen molar-refractivity contribution >= 4 is 29.3 Å². The van der Waals surface area contributed by atoms with Crippen molar-refractivity contribution in [2.24, 2.45) is 0 Å². The summed E-state index contributed by atoms with van der Waals surface area (Å²) in [5.74, 6) is 0.220. The number of carbonyl (C=O) groups excluding carboxylic acids is 1. The summed E-state index contributed by atoms with van der Waals surface area (Å²) < 4.78 is 12.4. The SMILES string of the molecule is COc1ccc(C)cc1COC(=O)/C=C/c1c(Cl)nc2ccccn12. The number of fused-ring (bicyclic) bond motifs is 1. The molecule has 2 aromatic heterocycles. The van der Waals surface area contributed by atoms with Crippen LogP contribution in [0.3, 0.4) is 0 Å². The van der Waals surface area contributed by atoms with Gasteiger partial charge in [0.25, 0.3) is 0 Å². The van der Waals surface area contributed by atoms with E-state index in [0.29, 0.717) is 22.2 Å². The maximum atomic E-state index is 12.0. The molecule has 5 nitrogen and oxygen atoms in total. The zero-order valence-electron chi connectivity index (χ0n) is 13.9. The molecule has 0 unspecified atom stereocenters. The smallest absolute Gasteiger partial charge is 0.331 e. The van der Waals surface area contributed by atoms with Gasteiger partial charge in [-0.15, -0.1) is 0 Å². The number of halogens is 1. The minimum Gasteiger partial charge on any atom is -0.496 e. The summed E-state index contributed by atoms with van der Waals surface area (Å²) >= 11 is 6.13. The van der Waals surface area contributed by atoms with E-state index in [0.717, 1.165) is 11.1 Å². The van der Waals surface area contributed by atoms with E-state index < -0.39 is 5.97 Å². The molecule has 0 bridgehead atoms. The number of benzene rings is 1. The summed E-state index contributed by atoms with van der Waals surface area (Å²) in [7, 11) is 1.59. The molecule has 0 atom stereocenters. The van der Waals surface area contributed by atoms with Gasteiger partial charge in [0.05, 0.1) is 12.8 Å². The fraction of sp³-hybridized carbons (Fsp3) is 0.158. The third-order valence-electron chi connectivity index (χ3n) is 3.71. The molecule has 0 aliphatic carbocycles. The molecule has 0 amide bonds. The molecule has 128 valence electrons. The van der Waals surface area contributed by atoms with Crippen LogP contribution in [0.5, 0.6) is 5.75 Å². The van der Waals surface area contributed by atoms with Gasteiger partial charge in [0.15, 0.2) is 5.15 Å². The van der Waals surface area contributed by atoms with Gasteiger partial charge in [-0.05, 0) is 37.3 Å². The zero-order valence-corrected chi connectivity index (χ0v) is 14.7. The number of nitrogens with zero attached hydrogens (tertiary/aromatic N) is 2. The standard InChI is InChI=1S/C19H17ClN2O3/c1-13-6-8-16(24-2)14(11-13)12-25-18(23)9-7-15-19(20)21-17-5-3-4-10-22(15)17/h3-11H,12H2,1-2H3/b9-7+. The Hall–Kier alpha value is -2.79. The molecule has 0 fully saturated rings. The maximum Gasteiger partial charge on any atom is 0.331 e. The molecule has 2 heterocycles. The Labute approximate surface area is 150 Å². The predicted molar refractivity (Wildman–Crippen MR) is 96.8 cm³/mol. The molecule has 3 aromatic rings. The summed E-state index contributed by atoms with van der Waals surface area (Å²) in [6.07, 6.45) is 4.76. The fourth-order valence-corrected chi connectivity index (χ4v) is 2.74. The lowest BCUT2D eigenvalue weighted by molar-refractivity contribution is -0.138. The van der Waals surface area contributed by atoms with Crippen LogP contribution in [0.15, 0.2) is 48.7 Å². The van der Waals surface area contributed by atoms with Crippen molar-refractivity contribution in [3.8, 4) is 5.75 Å². The highest BCUT2D eigenvalue weighted by Gasteiger charge is 2.09. The molecule has 0 N–H and O–H groups in total. The van der Waals surface area contributed by atoms with Crippen molar-refractivity contribution in [2.75, 3.05) is 7.11 Å². The molecule has 3 rings (SSSR count). The van der Waals surface area contributed by atoms with Crippen LogP contribution in [0.2, 0.25) is 5.15 Å². The quantitative estimate of drug-likeness (QED) is 0.511. The lowest BCUT2D eigenvalue weighted by Crippen LogP contribution is -2.03. The number of methoxy groups -OCH3 is 1. The number of imidazole rings is 1. The fourth-order valence-electron chi connectivity index (χ4n) is 2.50. The van der Waals surface area contributed by atoms with Gasteiger partial charge in [0.1, 0.15) is 18.0 Å². The Morgan fingerprint density at radius 2 is 2.16 bits per heavy atom. The van der Waals surface area contributed by atoms with Crippen LogP contribution in [0.1, 0.15) is 16.8 Å². The van der Waals surface area contributed by atoms with Gasteiger partial charge in [-0.2, -0.15) is 0 Å². The highest BCUT2D eigenvalue weighted by atomic mass is 35.5. The molecule has 0 spiro atoms. The first-order valence-corrected chi connectivity index (χ1v) is 8.07. The summed E-state index contributed by atoms with van der Waals surface area (Å²) in [4.78, 5) is 16.2. The molecule has 25 heavy (non-hydrogen) atoms. The van der Waals surface area contributed by atoms with E-state index in [1.807, 2.05) is 49.5 Å². The van der Waals surface area contributed by atoms with Crippen LogP contribution >= 0.6 is 11.6 Å². The van der Waals surface area contributed by atoms with Crippen molar-refractivity contribution in [3.63, 3.8) is 0 Å². The van der Waals surface area contributed by atoms with Gasteiger partial charge >= 0.3 is 5.97 Å². The largest absolute Gasteiger partial charge is 0.496 e. The van der Waals surface area contributed by atoms with E-state index in [1.165, 1.54) is 6.08 Å². The van der Waals surface area contributed by atoms with Crippen molar-refractivity contribution in [1.29, 1.82) is 0 Å². The van der Waals surface area contributed by atoms with Gasteiger partial charge in [-0.3, -0.25) is 4.40 Å². The van der Waals surface area contributed by atoms with Crippen molar-refractivity contribution in [2.45, 2.75) is 13.5 Å². The number of hydrogen-bond acceptors (Lipinski definition) is 4. The zero-order chi connectivity index (χ0) is 17.8. The van der Waals surface area contributed by atoms with E-state index in [-0.39, 0.29) is 6.61 Å².